The van der Waals surface area contributed by atoms with Crippen LogP contribution in [0.15, 0.2) is 24.3 Å². The fourth-order valence-corrected chi connectivity index (χ4v) is 2.74. The number of hydrogen-bond donors (Lipinski definition) is 1. The van der Waals surface area contributed by atoms with E-state index in [1.807, 2.05) is 19.9 Å². The highest BCUT2D eigenvalue weighted by Crippen LogP contribution is 2.21. The third-order valence-electron chi connectivity index (χ3n) is 3.67. The molecule has 0 radical (unpaired) electrons. The van der Waals surface area contributed by atoms with Crippen molar-refractivity contribution in [2.75, 3.05) is 11.9 Å². The van der Waals surface area contributed by atoms with Crippen LogP contribution in [0.1, 0.15) is 41.6 Å². The fraction of sp³-hybridized carbons (Fsp3) is 0.353. The van der Waals surface area contributed by atoms with Crippen LogP contribution in [0.2, 0.25) is 0 Å². The lowest BCUT2D eigenvalue weighted by Gasteiger charge is -2.13. The molecule has 1 aromatic heterocycles. The van der Waals surface area contributed by atoms with Gasteiger partial charge in [0.25, 0.3) is 0 Å². The first-order chi connectivity index (χ1) is 10.3. The van der Waals surface area contributed by atoms with E-state index in [0.29, 0.717) is 11.3 Å². The molecule has 0 fully saturated rings. The van der Waals surface area contributed by atoms with Gasteiger partial charge in [-0.15, -0.1) is 0 Å². The standard InChI is InChI=1S/C17H20F2N2O/c1-10(2)21-11(3)7-14(12(21)4)17(22)9-20-13-5-6-15(18)16(19)8-13/h5-8,10,20H,9H2,1-4H3. The summed E-state index contributed by atoms with van der Waals surface area (Å²) in [6.07, 6.45) is 0. The van der Waals surface area contributed by atoms with Crippen molar-refractivity contribution < 1.29 is 13.6 Å². The summed E-state index contributed by atoms with van der Waals surface area (Å²) >= 11 is 0. The number of anilines is 1. The van der Waals surface area contributed by atoms with Crippen LogP contribution in [-0.2, 0) is 0 Å². The quantitative estimate of drug-likeness (QED) is 0.838. The number of ketones is 1. The second-order valence-corrected chi connectivity index (χ2v) is 5.65. The Labute approximate surface area is 129 Å². The Morgan fingerprint density at radius 1 is 1.18 bits per heavy atom. The van der Waals surface area contributed by atoms with Crippen LogP contribution in [0.5, 0.6) is 0 Å². The molecule has 0 saturated carbocycles. The lowest BCUT2D eigenvalue weighted by Crippen LogP contribution is -2.15. The van der Waals surface area contributed by atoms with Crippen LogP contribution in [-0.4, -0.2) is 16.9 Å². The van der Waals surface area contributed by atoms with Crippen LogP contribution >= 0.6 is 0 Å². The molecular formula is C17H20F2N2O. The summed E-state index contributed by atoms with van der Waals surface area (Å²) in [4.78, 5) is 12.3. The molecule has 0 aliphatic carbocycles. The topological polar surface area (TPSA) is 34.0 Å². The number of Topliss-reactive ketones (excluding diaryl/α,β-unsaturated/α-hetero) is 1. The minimum atomic E-state index is -0.935. The highest BCUT2D eigenvalue weighted by atomic mass is 19.2. The summed E-state index contributed by atoms with van der Waals surface area (Å²) < 4.78 is 28.1. The maximum atomic E-state index is 13.1. The molecule has 0 saturated heterocycles. The van der Waals surface area contributed by atoms with Gasteiger partial charge in [0.05, 0.1) is 6.54 Å². The van der Waals surface area contributed by atoms with Crippen molar-refractivity contribution in [3.63, 3.8) is 0 Å². The lowest BCUT2D eigenvalue weighted by atomic mass is 10.1. The monoisotopic (exact) mass is 306 g/mol. The van der Waals surface area contributed by atoms with Crippen LogP contribution in [0, 0.1) is 25.5 Å². The van der Waals surface area contributed by atoms with Crippen LogP contribution in [0.4, 0.5) is 14.5 Å². The molecule has 0 aliphatic heterocycles. The van der Waals surface area contributed by atoms with Gasteiger partial charge < -0.3 is 9.88 Å². The van der Waals surface area contributed by atoms with Gasteiger partial charge in [-0.05, 0) is 45.9 Å². The molecule has 2 rings (SSSR count). The number of nitrogens with one attached hydrogen (secondary N) is 1. The lowest BCUT2D eigenvalue weighted by molar-refractivity contribution is 0.101. The molecule has 1 N–H and O–H groups in total. The summed E-state index contributed by atoms with van der Waals surface area (Å²) in [5.41, 5.74) is 2.99. The van der Waals surface area contributed by atoms with Gasteiger partial charge in [0, 0.05) is 34.7 Å². The second-order valence-electron chi connectivity index (χ2n) is 5.65. The number of nitrogens with zero attached hydrogens (tertiary/aromatic N) is 1. The van der Waals surface area contributed by atoms with Gasteiger partial charge in [-0.2, -0.15) is 0 Å². The van der Waals surface area contributed by atoms with E-state index in [9.17, 15) is 13.6 Å². The normalized spacial score (nSPS) is 11.0. The molecule has 1 heterocycles. The van der Waals surface area contributed by atoms with Gasteiger partial charge in [0.1, 0.15) is 0 Å². The summed E-state index contributed by atoms with van der Waals surface area (Å²) in [7, 11) is 0. The van der Waals surface area contributed by atoms with Crippen molar-refractivity contribution in [1.29, 1.82) is 0 Å². The fourth-order valence-electron chi connectivity index (χ4n) is 2.74. The summed E-state index contributed by atoms with van der Waals surface area (Å²) in [6, 6.07) is 5.63. The third-order valence-corrected chi connectivity index (χ3v) is 3.67. The smallest absolute Gasteiger partial charge is 0.183 e. The Morgan fingerprint density at radius 2 is 1.86 bits per heavy atom. The Morgan fingerprint density at radius 3 is 2.41 bits per heavy atom. The highest BCUT2D eigenvalue weighted by molar-refractivity contribution is 6.00. The molecule has 22 heavy (non-hydrogen) atoms. The van der Waals surface area contributed by atoms with Gasteiger partial charge in [0.2, 0.25) is 0 Å². The van der Waals surface area contributed by atoms with E-state index in [0.717, 1.165) is 23.5 Å². The number of halogens is 2. The molecule has 0 atom stereocenters. The summed E-state index contributed by atoms with van der Waals surface area (Å²) in [5, 5.41) is 2.83. The Hall–Kier alpha value is -2.17. The van der Waals surface area contributed by atoms with E-state index < -0.39 is 11.6 Å². The van der Waals surface area contributed by atoms with Crippen molar-refractivity contribution in [1.82, 2.24) is 4.57 Å². The molecule has 118 valence electrons. The molecule has 0 unspecified atom stereocenters. The average Bonchev–Trinajstić information content (AvgIpc) is 2.75. The number of hydrogen-bond acceptors (Lipinski definition) is 2. The number of carbonyl (C=O) groups is 1. The van der Waals surface area contributed by atoms with E-state index in [4.69, 9.17) is 0 Å². The maximum absolute atomic E-state index is 13.1. The number of carbonyl (C=O) groups excluding carboxylic acids is 1. The molecule has 0 aliphatic rings. The highest BCUT2D eigenvalue weighted by Gasteiger charge is 2.17. The third kappa shape index (κ3) is 3.18. The van der Waals surface area contributed by atoms with Gasteiger partial charge in [0.15, 0.2) is 17.4 Å². The zero-order valence-corrected chi connectivity index (χ0v) is 13.2. The minimum Gasteiger partial charge on any atom is -0.377 e. The van der Waals surface area contributed by atoms with Crippen LogP contribution < -0.4 is 5.32 Å². The molecule has 3 nitrogen and oxygen atoms in total. The van der Waals surface area contributed by atoms with Crippen LogP contribution in [0.3, 0.4) is 0 Å². The zero-order valence-electron chi connectivity index (χ0n) is 13.2. The molecule has 0 spiro atoms. The summed E-state index contributed by atoms with van der Waals surface area (Å²) in [5.74, 6) is -1.92. The first-order valence-corrected chi connectivity index (χ1v) is 7.21. The molecule has 5 heteroatoms. The molecule has 0 bridgehead atoms. The molecule has 1 aromatic carbocycles. The van der Waals surface area contributed by atoms with Crippen molar-refractivity contribution in [3.05, 3.63) is 52.9 Å². The Balaban J connectivity index is 2.13. The van der Waals surface area contributed by atoms with Crippen molar-refractivity contribution >= 4 is 11.5 Å². The van der Waals surface area contributed by atoms with Crippen molar-refractivity contribution in [3.8, 4) is 0 Å². The molecule has 0 amide bonds. The van der Waals surface area contributed by atoms with E-state index in [2.05, 4.69) is 23.7 Å². The van der Waals surface area contributed by atoms with E-state index in [-0.39, 0.29) is 18.4 Å². The van der Waals surface area contributed by atoms with E-state index >= 15 is 0 Å². The molecular weight excluding hydrogens is 286 g/mol. The zero-order chi connectivity index (χ0) is 16.4. The summed E-state index contributed by atoms with van der Waals surface area (Å²) in [6.45, 7) is 8.04. The number of rotatable bonds is 5. The van der Waals surface area contributed by atoms with Crippen molar-refractivity contribution in [2.24, 2.45) is 0 Å². The van der Waals surface area contributed by atoms with E-state index in [1.54, 1.807) is 0 Å². The Kier molecular flexibility index (Phi) is 4.64. The maximum Gasteiger partial charge on any atom is 0.183 e. The first kappa shape index (κ1) is 16.2. The Bertz CT molecular complexity index is 705. The SMILES string of the molecule is Cc1cc(C(=O)CNc2ccc(F)c(F)c2)c(C)n1C(C)C. The van der Waals surface area contributed by atoms with Crippen molar-refractivity contribution in [2.45, 2.75) is 33.7 Å². The number of benzene rings is 1. The molecule has 2 aromatic rings. The predicted molar refractivity (Wildman–Crippen MR) is 83.5 cm³/mol. The minimum absolute atomic E-state index is 0.0352. The first-order valence-electron chi connectivity index (χ1n) is 7.21. The van der Waals surface area contributed by atoms with E-state index in [1.165, 1.54) is 6.07 Å². The number of aromatic nitrogens is 1. The van der Waals surface area contributed by atoms with Gasteiger partial charge in [-0.1, -0.05) is 0 Å². The largest absolute Gasteiger partial charge is 0.377 e. The average molecular weight is 306 g/mol. The van der Waals surface area contributed by atoms with Gasteiger partial charge in [-0.25, -0.2) is 8.78 Å². The van der Waals surface area contributed by atoms with Gasteiger partial charge >= 0.3 is 0 Å². The van der Waals surface area contributed by atoms with Crippen LogP contribution in [0.25, 0.3) is 0 Å². The number of aryl methyl sites for hydroxylation is 1. The van der Waals surface area contributed by atoms with Gasteiger partial charge in [-0.3, -0.25) is 4.79 Å². The second kappa shape index (κ2) is 6.30. The predicted octanol–water partition coefficient (Wildman–Crippen LogP) is 4.26.